The van der Waals surface area contributed by atoms with Crippen molar-refractivity contribution >= 4 is 11.6 Å². The molecule has 2 atom stereocenters. The Balaban J connectivity index is 1.88. The Labute approximate surface area is 108 Å². The number of hydrazine groups is 1. The average molecular weight is 266 g/mol. The molecule has 1 saturated heterocycles. The number of nitrogens with zero attached hydrogens (tertiary/aromatic N) is 2. The van der Waals surface area contributed by atoms with Crippen LogP contribution in [0.5, 0.6) is 0 Å². The van der Waals surface area contributed by atoms with Crippen molar-refractivity contribution in [3.8, 4) is 11.4 Å². The molecule has 0 aliphatic carbocycles. The van der Waals surface area contributed by atoms with E-state index in [4.69, 9.17) is 21.9 Å². The van der Waals surface area contributed by atoms with Crippen molar-refractivity contribution in [2.24, 2.45) is 5.73 Å². The Morgan fingerprint density at radius 2 is 2.17 bits per heavy atom. The summed E-state index contributed by atoms with van der Waals surface area (Å²) in [5, 5.41) is 4.53. The number of rotatable bonds is 2. The van der Waals surface area contributed by atoms with Gasteiger partial charge in [0.05, 0.1) is 11.2 Å². The van der Waals surface area contributed by atoms with Crippen molar-refractivity contribution in [1.29, 1.82) is 0 Å². The molecule has 0 bridgehead atoms. The molecule has 7 heteroatoms. The van der Waals surface area contributed by atoms with E-state index in [-0.39, 0.29) is 12.2 Å². The molecular weight excluding hydrogens is 254 g/mol. The second-order valence-electron chi connectivity index (χ2n) is 4.12. The molecule has 2 heterocycles. The van der Waals surface area contributed by atoms with Gasteiger partial charge in [-0.05, 0) is 12.1 Å². The van der Waals surface area contributed by atoms with Crippen LogP contribution in [0.25, 0.3) is 11.4 Å². The third kappa shape index (κ3) is 2.11. The van der Waals surface area contributed by atoms with E-state index in [1.54, 1.807) is 6.07 Å². The van der Waals surface area contributed by atoms with Crippen molar-refractivity contribution in [1.82, 2.24) is 21.0 Å². The topological polar surface area (TPSA) is 89.0 Å². The average Bonchev–Trinajstić information content (AvgIpc) is 2.98. The SMILES string of the molecule is NC1CC(c2nc(-c3ccccc3Cl)no2)NN1. The molecule has 6 nitrogen and oxygen atoms in total. The molecule has 1 aromatic heterocycles. The van der Waals surface area contributed by atoms with Crippen LogP contribution in [0.15, 0.2) is 28.8 Å². The first kappa shape index (κ1) is 11.6. The summed E-state index contributed by atoms with van der Waals surface area (Å²) in [6, 6.07) is 7.31. The summed E-state index contributed by atoms with van der Waals surface area (Å²) in [4.78, 5) is 4.34. The first-order chi connectivity index (χ1) is 8.74. The molecule has 2 aromatic rings. The second-order valence-corrected chi connectivity index (χ2v) is 4.53. The Hall–Kier alpha value is -1.47. The maximum absolute atomic E-state index is 6.08. The highest BCUT2D eigenvalue weighted by atomic mass is 35.5. The lowest BCUT2D eigenvalue weighted by Gasteiger charge is -2.00. The quantitative estimate of drug-likeness (QED) is 0.756. The largest absolute Gasteiger partial charge is 0.337 e. The Morgan fingerprint density at radius 3 is 2.89 bits per heavy atom. The number of halogens is 1. The third-order valence-corrected chi connectivity index (χ3v) is 3.12. The molecular formula is C11H12ClN5O. The molecule has 4 N–H and O–H groups in total. The highest BCUT2D eigenvalue weighted by Gasteiger charge is 2.27. The van der Waals surface area contributed by atoms with E-state index in [9.17, 15) is 0 Å². The fraction of sp³-hybridized carbons (Fsp3) is 0.273. The Morgan fingerprint density at radius 1 is 1.33 bits per heavy atom. The number of nitrogens with two attached hydrogens (primary N) is 1. The lowest BCUT2D eigenvalue weighted by atomic mass is 10.2. The number of hydrogen-bond donors (Lipinski definition) is 3. The van der Waals surface area contributed by atoms with E-state index in [0.29, 0.717) is 23.2 Å². The van der Waals surface area contributed by atoms with Crippen LogP contribution in [0.2, 0.25) is 5.02 Å². The minimum Gasteiger partial charge on any atom is -0.337 e. The van der Waals surface area contributed by atoms with Gasteiger partial charge in [-0.15, -0.1) is 0 Å². The van der Waals surface area contributed by atoms with Gasteiger partial charge < -0.3 is 10.3 Å². The summed E-state index contributed by atoms with van der Waals surface area (Å²) in [5.41, 5.74) is 12.4. The second kappa shape index (κ2) is 4.66. The standard InChI is InChI=1S/C11H12ClN5O/c12-7-4-2-1-3-6(7)10-14-11(18-17-10)8-5-9(13)16-15-8/h1-4,8-9,15-16H,5,13H2. The predicted molar refractivity (Wildman–Crippen MR) is 66.3 cm³/mol. The van der Waals surface area contributed by atoms with Gasteiger partial charge in [-0.1, -0.05) is 28.9 Å². The molecule has 1 aromatic carbocycles. The number of nitrogens with one attached hydrogen (secondary N) is 2. The predicted octanol–water partition coefficient (Wildman–Crippen LogP) is 1.21. The van der Waals surface area contributed by atoms with Gasteiger partial charge in [0.1, 0.15) is 6.04 Å². The molecule has 0 saturated carbocycles. The first-order valence-electron chi connectivity index (χ1n) is 5.59. The van der Waals surface area contributed by atoms with Crippen LogP contribution in [0.3, 0.4) is 0 Å². The summed E-state index contributed by atoms with van der Waals surface area (Å²) in [5.74, 6) is 0.989. The molecule has 0 spiro atoms. The fourth-order valence-electron chi connectivity index (χ4n) is 1.87. The van der Waals surface area contributed by atoms with Gasteiger partial charge >= 0.3 is 0 Å². The zero-order chi connectivity index (χ0) is 12.5. The van der Waals surface area contributed by atoms with Gasteiger partial charge in [-0.3, -0.25) is 0 Å². The Kier molecular flexibility index (Phi) is 3.00. The normalized spacial score (nSPS) is 23.4. The maximum Gasteiger partial charge on any atom is 0.245 e. The lowest BCUT2D eigenvalue weighted by Crippen LogP contribution is -2.36. The van der Waals surface area contributed by atoms with E-state index in [2.05, 4.69) is 21.0 Å². The van der Waals surface area contributed by atoms with Gasteiger partial charge in [0.2, 0.25) is 11.7 Å². The van der Waals surface area contributed by atoms with Crippen LogP contribution in [0.1, 0.15) is 18.4 Å². The molecule has 2 unspecified atom stereocenters. The fourth-order valence-corrected chi connectivity index (χ4v) is 2.09. The van der Waals surface area contributed by atoms with Gasteiger partial charge in [0.25, 0.3) is 0 Å². The van der Waals surface area contributed by atoms with E-state index in [0.717, 1.165) is 5.56 Å². The van der Waals surface area contributed by atoms with Gasteiger partial charge in [0, 0.05) is 12.0 Å². The summed E-state index contributed by atoms with van der Waals surface area (Å²) >= 11 is 6.08. The minimum absolute atomic E-state index is 0.0660. The van der Waals surface area contributed by atoms with Gasteiger partial charge in [-0.2, -0.15) is 4.98 Å². The van der Waals surface area contributed by atoms with Crippen LogP contribution >= 0.6 is 11.6 Å². The molecule has 1 fully saturated rings. The van der Waals surface area contributed by atoms with E-state index < -0.39 is 0 Å². The molecule has 94 valence electrons. The Bertz CT molecular complexity index is 558. The van der Waals surface area contributed by atoms with Crippen molar-refractivity contribution in [2.45, 2.75) is 18.6 Å². The summed E-state index contributed by atoms with van der Waals surface area (Å²) in [7, 11) is 0. The highest BCUT2D eigenvalue weighted by molar-refractivity contribution is 6.33. The van der Waals surface area contributed by atoms with Gasteiger partial charge in [-0.25, -0.2) is 10.9 Å². The molecule has 0 amide bonds. The minimum atomic E-state index is -0.106. The molecule has 3 rings (SSSR count). The summed E-state index contributed by atoms with van der Waals surface area (Å²) in [6.07, 6.45) is 0.593. The molecule has 0 radical (unpaired) electrons. The molecule has 1 aliphatic rings. The lowest BCUT2D eigenvalue weighted by molar-refractivity contribution is 0.340. The van der Waals surface area contributed by atoms with Crippen LogP contribution in [-0.2, 0) is 0 Å². The van der Waals surface area contributed by atoms with Crippen LogP contribution in [0, 0.1) is 0 Å². The summed E-state index contributed by atoms with van der Waals surface area (Å²) in [6.45, 7) is 0. The molecule has 1 aliphatic heterocycles. The number of hydrogen-bond acceptors (Lipinski definition) is 6. The zero-order valence-electron chi connectivity index (χ0n) is 9.43. The third-order valence-electron chi connectivity index (χ3n) is 2.79. The van der Waals surface area contributed by atoms with Crippen LogP contribution < -0.4 is 16.6 Å². The van der Waals surface area contributed by atoms with Crippen molar-refractivity contribution in [3.63, 3.8) is 0 Å². The number of benzene rings is 1. The van der Waals surface area contributed by atoms with E-state index in [1.807, 2.05) is 18.2 Å². The highest BCUT2D eigenvalue weighted by Crippen LogP contribution is 2.27. The van der Waals surface area contributed by atoms with Crippen molar-refractivity contribution in [2.75, 3.05) is 0 Å². The first-order valence-corrected chi connectivity index (χ1v) is 5.97. The maximum atomic E-state index is 6.08. The summed E-state index contributed by atoms with van der Waals surface area (Å²) < 4.78 is 5.23. The van der Waals surface area contributed by atoms with Gasteiger partial charge in [0.15, 0.2) is 0 Å². The van der Waals surface area contributed by atoms with Crippen molar-refractivity contribution in [3.05, 3.63) is 35.2 Å². The zero-order valence-corrected chi connectivity index (χ0v) is 10.2. The van der Waals surface area contributed by atoms with Crippen LogP contribution in [-0.4, -0.2) is 16.3 Å². The molecule has 18 heavy (non-hydrogen) atoms. The van der Waals surface area contributed by atoms with E-state index >= 15 is 0 Å². The van der Waals surface area contributed by atoms with Crippen LogP contribution in [0.4, 0.5) is 0 Å². The smallest absolute Gasteiger partial charge is 0.245 e. The monoisotopic (exact) mass is 265 g/mol. The van der Waals surface area contributed by atoms with E-state index in [1.165, 1.54) is 0 Å². The van der Waals surface area contributed by atoms with Crippen molar-refractivity contribution < 1.29 is 4.52 Å². The number of aromatic nitrogens is 2.